The van der Waals surface area contributed by atoms with Gasteiger partial charge in [0.2, 0.25) is 5.91 Å². The third-order valence-corrected chi connectivity index (χ3v) is 4.14. The highest BCUT2D eigenvalue weighted by Crippen LogP contribution is 2.26. The first-order valence-corrected chi connectivity index (χ1v) is 7.55. The van der Waals surface area contributed by atoms with Gasteiger partial charge in [0.05, 0.1) is 5.56 Å². The Balaban J connectivity index is 0.000000198. The highest BCUT2D eigenvalue weighted by Gasteiger charge is 2.10. The van der Waals surface area contributed by atoms with Gasteiger partial charge in [0.25, 0.3) is 0 Å². The zero-order valence-electron chi connectivity index (χ0n) is 12.3. The lowest BCUT2D eigenvalue weighted by molar-refractivity contribution is 0.0689. The molecule has 0 aliphatic heterocycles. The van der Waals surface area contributed by atoms with Crippen molar-refractivity contribution in [2.45, 2.75) is 0 Å². The van der Waals surface area contributed by atoms with Crippen molar-refractivity contribution in [2.24, 2.45) is 5.73 Å². The molecule has 0 spiro atoms. The number of aromatic carboxylic acids is 2. The maximum atomic E-state index is 10.7. The van der Waals surface area contributed by atoms with Gasteiger partial charge in [0.15, 0.2) is 0 Å². The van der Waals surface area contributed by atoms with Crippen LogP contribution in [0.3, 0.4) is 0 Å². The van der Waals surface area contributed by atoms with Crippen LogP contribution in [0.2, 0.25) is 0 Å². The van der Waals surface area contributed by atoms with Crippen molar-refractivity contribution < 1.29 is 24.6 Å². The van der Waals surface area contributed by atoms with Crippen LogP contribution in [-0.4, -0.2) is 28.1 Å². The Hall–Kier alpha value is -3.19. The van der Waals surface area contributed by atoms with Gasteiger partial charge >= 0.3 is 11.9 Å². The third-order valence-electron chi connectivity index (χ3n) is 3.03. The molecule has 6 nitrogen and oxygen atoms in total. The Morgan fingerprint density at radius 2 is 1.50 bits per heavy atom. The minimum Gasteiger partial charge on any atom is -0.478 e. The van der Waals surface area contributed by atoms with Gasteiger partial charge in [-0.05, 0) is 41.8 Å². The van der Waals surface area contributed by atoms with E-state index in [2.05, 4.69) is 0 Å². The molecule has 0 radical (unpaired) electrons. The number of primary amides is 1. The molecular weight excluding hydrogens is 330 g/mol. The molecule has 24 heavy (non-hydrogen) atoms. The summed E-state index contributed by atoms with van der Waals surface area (Å²) in [4.78, 5) is 32.0. The fourth-order valence-electron chi connectivity index (χ4n) is 1.88. The van der Waals surface area contributed by atoms with Crippen LogP contribution in [0, 0.1) is 0 Å². The smallest absolute Gasteiger partial charge is 0.345 e. The number of rotatable bonds is 3. The summed E-state index contributed by atoms with van der Waals surface area (Å²) < 4.78 is 0.775. The molecule has 0 saturated carbocycles. The van der Waals surface area contributed by atoms with Crippen LogP contribution >= 0.6 is 11.3 Å². The maximum absolute atomic E-state index is 10.7. The summed E-state index contributed by atoms with van der Waals surface area (Å²) >= 11 is 1.13. The molecule has 1 heterocycles. The first kappa shape index (κ1) is 17.2. The van der Waals surface area contributed by atoms with Gasteiger partial charge in [-0.2, -0.15) is 0 Å². The number of benzene rings is 2. The van der Waals surface area contributed by atoms with Gasteiger partial charge in [0, 0.05) is 10.3 Å². The fourth-order valence-corrected chi connectivity index (χ4v) is 2.77. The van der Waals surface area contributed by atoms with Gasteiger partial charge < -0.3 is 15.9 Å². The van der Waals surface area contributed by atoms with Crippen molar-refractivity contribution in [3.8, 4) is 0 Å². The van der Waals surface area contributed by atoms with Crippen LogP contribution in [0.25, 0.3) is 10.1 Å². The summed E-state index contributed by atoms with van der Waals surface area (Å²) in [5.74, 6) is -2.39. The van der Waals surface area contributed by atoms with Gasteiger partial charge in [-0.1, -0.05) is 18.2 Å². The van der Waals surface area contributed by atoms with E-state index >= 15 is 0 Å². The lowest BCUT2D eigenvalue weighted by Crippen LogP contribution is -2.09. The predicted octanol–water partition coefficient (Wildman–Crippen LogP) is 3.08. The summed E-state index contributed by atoms with van der Waals surface area (Å²) in [6, 6.07) is 14.8. The number of carboxylic acids is 2. The number of hydrogen-bond acceptors (Lipinski definition) is 4. The van der Waals surface area contributed by atoms with E-state index < -0.39 is 11.9 Å². The van der Waals surface area contributed by atoms with Gasteiger partial charge in [-0.15, -0.1) is 11.3 Å². The average molecular weight is 343 g/mol. The van der Waals surface area contributed by atoms with Crippen LogP contribution in [0.1, 0.15) is 30.4 Å². The highest BCUT2D eigenvalue weighted by atomic mass is 32.1. The van der Waals surface area contributed by atoms with Crippen molar-refractivity contribution in [1.29, 1.82) is 0 Å². The molecule has 7 heteroatoms. The van der Waals surface area contributed by atoms with E-state index in [1.54, 1.807) is 30.3 Å². The second-order valence-electron chi connectivity index (χ2n) is 4.70. The molecular formula is C17H13NO5S. The second kappa shape index (κ2) is 7.38. The Morgan fingerprint density at radius 1 is 0.833 bits per heavy atom. The minimum absolute atomic E-state index is 0.164. The van der Waals surface area contributed by atoms with E-state index in [1.807, 2.05) is 6.07 Å². The van der Waals surface area contributed by atoms with E-state index in [0.29, 0.717) is 10.9 Å². The molecule has 4 N–H and O–H groups in total. The molecule has 0 saturated heterocycles. The molecule has 2 aromatic carbocycles. The predicted molar refractivity (Wildman–Crippen MR) is 90.7 cm³/mol. The Labute approximate surface area is 140 Å². The number of nitrogens with two attached hydrogens (primary N) is 1. The summed E-state index contributed by atoms with van der Waals surface area (Å²) in [5, 5.41) is 18.2. The largest absolute Gasteiger partial charge is 0.478 e. The van der Waals surface area contributed by atoms with E-state index in [0.717, 1.165) is 16.0 Å². The van der Waals surface area contributed by atoms with Crippen LogP contribution in [0.5, 0.6) is 0 Å². The van der Waals surface area contributed by atoms with E-state index in [9.17, 15) is 14.4 Å². The van der Waals surface area contributed by atoms with Crippen molar-refractivity contribution in [3.63, 3.8) is 0 Å². The summed E-state index contributed by atoms with van der Waals surface area (Å²) in [6.45, 7) is 0. The molecule has 1 aromatic heterocycles. The van der Waals surface area contributed by atoms with Crippen LogP contribution in [-0.2, 0) is 0 Å². The number of thiophene rings is 1. The van der Waals surface area contributed by atoms with Crippen molar-refractivity contribution >= 4 is 39.3 Å². The molecule has 1 amide bonds. The first-order chi connectivity index (χ1) is 11.4. The molecule has 3 aromatic rings. The number of fused-ring (bicyclic) bond motifs is 1. The summed E-state index contributed by atoms with van der Waals surface area (Å²) in [7, 11) is 0. The number of carbonyl (C=O) groups excluding carboxylic acids is 1. The molecule has 0 atom stereocenters. The summed E-state index contributed by atoms with van der Waals surface area (Å²) in [6.07, 6.45) is 0. The molecule has 0 aliphatic carbocycles. The molecule has 0 fully saturated rings. The van der Waals surface area contributed by atoms with E-state index in [1.165, 1.54) is 18.2 Å². The monoisotopic (exact) mass is 343 g/mol. The SMILES string of the molecule is NC(=O)c1ccccc1.O=C(O)c1ccc2sc(C(=O)O)cc2c1. The van der Waals surface area contributed by atoms with Gasteiger partial charge in [0.1, 0.15) is 4.88 Å². The van der Waals surface area contributed by atoms with Crippen LogP contribution in [0.15, 0.2) is 54.6 Å². The van der Waals surface area contributed by atoms with Gasteiger partial charge in [-0.25, -0.2) is 9.59 Å². The molecule has 0 bridgehead atoms. The Bertz CT molecular complexity index is 890. The number of carboxylic acid groups (broad SMARTS) is 2. The molecule has 0 aliphatic rings. The average Bonchev–Trinajstić information content (AvgIpc) is 2.99. The number of hydrogen-bond donors (Lipinski definition) is 3. The maximum Gasteiger partial charge on any atom is 0.345 e. The van der Waals surface area contributed by atoms with Crippen molar-refractivity contribution in [3.05, 3.63) is 70.6 Å². The van der Waals surface area contributed by atoms with Crippen molar-refractivity contribution in [1.82, 2.24) is 0 Å². The van der Waals surface area contributed by atoms with E-state index in [-0.39, 0.29) is 16.3 Å². The lowest BCUT2D eigenvalue weighted by atomic mass is 10.1. The third kappa shape index (κ3) is 4.17. The number of carbonyl (C=O) groups is 3. The quantitative estimate of drug-likeness (QED) is 0.675. The molecule has 0 unspecified atom stereocenters. The van der Waals surface area contributed by atoms with Crippen LogP contribution in [0.4, 0.5) is 0 Å². The number of amides is 1. The second-order valence-corrected chi connectivity index (χ2v) is 5.79. The fraction of sp³-hybridized carbons (Fsp3) is 0. The molecule has 122 valence electrons. The normalized spacial score (nSPS) is 9.83. The minimum atomic E-state index is -1.01. The Morgan fingerprint density at radius 3 is 2.00 bits per heavy atom. The Kier molecular flexibility index (Phi) is 5.28. The zero-order chi connectivity index (χ0) is 17.7. The molecule has 3 rings (SSSR count). The summed E-state index contributed by atoms with van der Waals surface area (Å²) in [5.41, 5.74) is 5.69. The lowest BCUT2D eigenvalue weighted by Gasteiger charge is -1.92. The standard InChI is InChI=1S/C10H6O4S.C7H7NO/c11-9(12)5-1-2-7-6(3-5)4-8(15-7)10(13)14;8-7(9)6-4-2-1-3-5-6/h1-4H,(H,11,12)(H,13,14);1-5H,(H2,8,9). The highest BCUT2D eigenvalue weighted by molar-refractivity contribution is 7.20. The topological polar surface area (TPSA) is 118 Å². The van der Waals surface area contributed by atoms with Crippen LogP contribution < -0.4 is 5.73 Å². The zero-order valence-corrected chi connectivity index (χ0v) is 13.1. The van der Waals surface area contributed by atoms with Gasteiger partial charge in [-0.3, -0.25) is 4.79 Å². The first-order valence-electron chi connectivity index (χ1n) is 6.73. The van der Waals surface area contributed by atoms with E-state index in [4.69, 9.17) is 15.9 Å². The van der Waals surface area contributed by atoms with Crippen molar-refractivity contribution in [2.75, 3.05) is 0 Å².